The van der Waals surface area contributed by atoms with Gasteiger partial charge in [0.15, 0.2) is 0 Å². The Hall–Kier alpha value is -0.800. The zero-order chi connectivity index (χ0) is 20.2. The lowest BCUT2D eigenvalue weighted by molar-refractivity contribution is 0.0595. The van der Waals surface area contributed by atoms with Gasteiger partial charge in [0, 0.05) is 37.6 Å². The molecule has 9 heteroatoms. The number of nitrogens with one attached hydrogen (secondary N) is 1. The molecule has 1 aliphatic carbocycles. The molecule has 0 spiro atoms. The van der Waals surface area contributed by atoms with Crippen molar-refractivity contribution in [1.29, 1.82) is 0 Å². The monoisotopic (exact) mass is 442 g/mol. The Kier molecular flexibility index (Phi) is 7.39. The summed E-state index contributed by atoms with van der Waals surface area (Å²) in [7, 11) is 0. The van der Waals surface area contributed by atoms with Gasteiger partial charge in [0.1, 0.15) is 10.3 Å². The minimum Gasteiger partial charge on any atom is -0.598 e. The first-order chi connectivity index (χ1) is 14.1. The van der Waals surface area contributed by atoms with Gasteiger partial charge in [0.25, 0.3) is 5.56 Å². The third kappa shape index (κ3) is 5.10. The molecule has 3 aliphatic rings. The van der Waals surface area contributed by atoms with Crippen LogP contribution < -0.4 is 10.9 Å². The molecule has 2 unspecified atom stereocenters. The molecule has 0 amide bonds. The van der Waals surface area contributed by atoms with Gasteiger partial charge in [-0.25, -0.2) is 4.68 Å². The molecule has 4 rings (SSSR count). The highest BCUT2D eigenvalue weighted by atomic mass is 35.5. The van der Waals surface area contributed by atoms with Crippen molar-refractivity contribution in [3.05, 3.63) is 21.6 Å². The molecule has 1 N–H and O–H groups in total. The minimum absolute atomic E-state index is 0.0348. The molecule has 3 fully saturated rings. The fourth-order valence-electron chi connectivity index (χ4n) is 4.62. The topological polar surface area (TPSA) is 82.4 Å². The van der Waals surface area contributed by atoms with Crippen LogP contribution in [0.4, 0.5) is 5.69 Å². The Morgan fingerprint density at radius 1 is 1.21 bits per heavy atom. The van der Waals surface area contributed by atoms with E-state index in [1.807, 2.05) is 0 Å². The first-order valence-corrected chi connectivity index (χ1v) is 12.4. The third-order valence-electron chi connectivity index (χ3n) is 6.37. The van der Waals surface area contributed by atoms with Crippen molar-refractivity contribution in [1.82, 2.24) is 14.1 Å². The molecule has 29 heavy (non-hydrogen) atoms. The van der Waals surface area contributed by atoms with Crippen molar-refractivity contribution >= 4 is 28.7 Å². The Bertz CT molecular complexity index is 729. The molecular weight excluding hydrogens is 412 g/mol. The summed E-state index contributed by atoms with van der Waals surface area (Å²) in [5.41, 5.74) is 0.364. The maximum atomic E-state index is 12.8. The van der Waals surface area contributed by atoms with Gasteiger partial charge in [0.05, 0.1) is 24.5 Å². The van der Waals surface area contributed by atoms with Gasteiger partial charge in [-0.2, -0.15) is 5.10 Å². The maximum absolute atomic E-state index is 12.8. The number of hydrogen-bond acceptors (Lipinski definition) is 6. The predicted octanol–water partition coefficient (Wildman–Crippen LogP) is 2.98. The second-order valence-corrected chi connectivity index (χ2v) is 10.5. The average Bonchev–Trinajstić information content (AvgIpc) is 3.30. The SMILES string of the molecule is O=c1c(Cl)c(NCC2CCCOC2)cnn1C1CCC([S+]([O-])N2CCCC2)CC1. The fraction of sp³-hybridized carbons (Fsp3) is 0.800. The highest BCUT2D eigenvalue weighted by Gasteiger charge is 2.36. The highest BCUT2D eigenvalue weighted by molar-refractivity contribution is 7.89. The van der Waals surface area contributed by atoms with E-state index in [9.17, 15) is 9.35 Å². The summed E-state index contributed by atoms with van der Waals surface area (Å²) in [6.07, 6.45) is 9.52. The maximum Gasteiger partial charge on any atom is 0.287 e. The zero-order valence-corrected chi connectivity index (χ0v) is 18.4. The minimum atomic E-state index is -0.893. The van der Waals surface area contributed by atoms with Crippen LogP contribution in [0.2, 0.25) is 5.02 Å². The molecule has 2 saturated heterocycles. The highest BCUT2D eigenvalue weighted by Crippen LogP contribution is 2.33. The molecule has 162 valence electrons. The number of ether oxygens (including phenoxy) is 1. The summed E-state index contributed by atoms with van der Waals surface area (Å²) in [4.78, 5) is 12.8. The molecule has 2 atom stereocenters. The van der Waals surface area contributed by atoms with Crippen molar-refractivity contribution in [2.24, 2.45) is 5.92 Å². The summed E-state index contributed by atoms with van der Waals surface area (Å²) in [5, 5.41) is 8.10. The molecule has 1 aromatic heterocycles. The number of anilines is 1. The lowest BCUT2D eigenvalue weighted by Crippen LogP contribution is -2.40. The molecule has 3 heterocycles. The Balaban J connectivity index is 1.34. The van der Waals surface area contributed by atoms with Gasteiger partial charge in [-0.15, -0.1) is 4.31 Å². The number of rotatable bonds is 6. The van der Waals surface area contributed by atoms with Crippen LogP contribution in [0.5, 0.6) is 0 Å². The molecule has 0 bridgehead atoms. The summed E-state index contributed by atoms with van der Waals surface area (Å²) in [6, 6.07) is 0.0348. The fourth-order valence-corrected chi connectivity index (χ4v) is 6.54. The van der Waals surface area contributed by atoms with E-state index >= 15 is 0 Å². The quantitative estimate of drug-likeness (QED) is 0.682. The smallest absolute Gasteiger partial charge is 0.287 e. The number of aromatic nitrogens is 2. The van der Waals surface area contributed by atoms with E-state index < -0.39 is 11.4 Å². The van der Waals surface area contributed by atoms with Crippen molar-refractivity contribution < 1.29 is 9.29 Å². The molecule has 7 nitrogen and oxygen atoms in total. The van der Waals surface area contributed by atoms with Crippen molar-refractivity contribution in [3.63, 3.8) is 0 Å². The van der Waals surface area contributed by atoms with Crippen LogP contribution >= 0.6 is 11.6 Å². The zero-order valence-electron chi connectivity index (χ0n) is 16.9. The van der Waals surface area contributed by atoms with Gasteiger partial charge >= 0.3 is 0 Å². The average molecular weight is 443 g/mol. The second kappa shape index (κ2) is 10.0. The third-order valence-corrected chi connectivity index (χ3v) is 8.65. The number of nitrogens with zero attached hydrogens (tertiary/aromatic N) is 3. The summed E-state index contributed by atoms with van der Waals surface area (Å²) >= 11 is 5.49. The van der Waals surface area contributed by atoms with Crippen LogP contribution in [-0.2, 0) is 16.1 Å². The van der Waals surface area contributed by atoms with E-state index in [0.29, 0.717) is 11.6 Å². The van der Waals surface area contributed by atoms with E-state index in [2.05, 4.69) is 14.7 Å². The standard InChI is InChI=1S/C20H31ClN4O3S/c21-19-18(22-12-15-4-3-11-28-14-15)13-23-25(20(19)26)16-5-7-17(8-6-16)29(27)24-9-1-2-10-24/h13,15-17,22H,1-12,14H2. The largest absolute Gasteiger partial charge is 0.598 e. The Labute approximate surface area is 180 Å². The van der Waals surface area contributed by atoms with E-state index in [4.69, 9.17) is 16.3 Å². The van der Waals surface area contributed by atoms with Gasteiger partial charge < -0.3 is 14.6 Å². The van der Waals surface area contributed by atoms with E-state index in [1.54, 1.807) is 6.20 Å². The molecule has 2 aliphatic heterocycles. The van der Waals surface area contributed by atoms with Crippen LogP contribution in [0.3, 0.4) is 0 Å². The lowest BCUT2D eigenvalue weighted by atomic mass is 9.95. The molecular formula is C20H31ClN4O3S. The number of hydrogen-bond donors (Lipinski definition) is 1. The number of halogens is 1. The van der Waals surface area contributed by atoms with Gasteiger partial charge in [0.2, 0.25) is 0 Å². The summed E-state index contributed by atoms with van der Waals surface area (Å²) in [6.45, 7) is 4.22. The first kappa shape index (κ1) is 21.4. The van der Waals surface area contributed by atoms with Crippen LogP contribution in [0.1, 0.15) is 57.4 Å². The van der Waals surface area contributed by atoms with E-state index in [-0.39, 0.29) is 21.9 Å². The van der Waals surface area contributed by atoms with Crippen LogP contribution in [0, 0.1) is 5.92 Å². The van der Waals surface area contributed by atoms with Crippen LogP contribution in [-0.4, -0.2) is 56.7 Å². The molecule has 0 radical (unpaired) electrons. The Morgan fingerprint density at radius 3 is 2.66 bits per heavy atom. The predicted molar refractivity (Wildman–Crippen MR) is 116 cm³/mol. The Morgan fingerprint density at radius 2 is 1.97 bits per heavy atom. The summed E-state index contributed by atoms with van der Waals surface area (Å²) in [5.74, 6) is 0.439. The van der Waals surface area contributed by atoms with Gasteiger partial charge in [-0.3, -0.25) is 4.79 Å². The summed E-state index contributed by atoms with van der Waals surface area (Å²) < 4.78 is 21.9. The van der Waals surface area contributed by atoms with E-state index in [0.717, 1.165) is 84.2 Å². The van der Waals surface area contributed by atoms with Gasteiger partial charge in [-0.05, 0) is 57.3 Å². The first-order valence-electron chi connectivity index (χ1n) is 10.9. The van der Waals surface area contributed by atoms with Crippen LogP contribution in [0.15, 0.2) is 11.0 Å². The van der Waals surface area contributed by atoms with Crippen molar-refractivity contribution in [2.45, 2.75) is 62.7 Å². The second-order valence-electron chi connectivity index (χ2n) is 8.43. The van der Waals surface area contributed by atoms with Crippen molar-refractivity contribution in [2.75, 3.05) is 38.2 Å². The molecule has 1 aromatic rings. The van der Waals surface area contributed by atoms with E-state index in [1.165, 1.54) is 4.68 Å². The van der Waals surface area contributed by atoms with Crippen molar-refractivity contribution in [3.8, 4) is 0 Å². The molecule has 1 saturated carbocycles. The van der Waals surface area contributed by atoms with Gasteiger partial charge in [-0.1, -0.05) is 11.6 Å². The molecule has 0 aromatic carbocycles. The lowest BCUT2D eigenvalue weighted by Gasteiger charge is -2.32. The normalized spacial score (nSPS) is 29.7. The van der Waals surface area contributed by atoms with Crippen LogP contribution in [0.25, 0.3) is 0 Å².